The van der Waals surface area contributed by atoms with E-state index in [2.05, 4.69) is 0 Å². The summed E-state index contributed by atoms with van der Waals surface area (Å²) in [5, 5.41) is 0. The summed E-state index contributed by atoms with van der Waals surface area (Å²) in [5.74, 6) is -1.77. The highest BCUT2D eigenvalue weighted by atomic mass is 19.4. The predicted molar refractivity (Wildman–Crippen MR) is 143 cm³/mol. The van der Waals surface area contributed by atoms with Crippen molar-refractivity contribution in [1.29, 1.82) is 0 Å². The van der Waals surface area contributed by atoms with E-state index in [1.54, 1.807) is 13.8 Å². The van der Waals surface area contributed by atoms with Gasteiger partial charge in [0.05, 0.1) is 23.8 Å². The minimum Gasteiger partial charge on any atom is -0.496 e. The second-order valence-electron chi connectivity index (χ2n) is 11.1. The van der Waals surface area contributed by atoms with Gasteiger partial charge < -0.3 is 14.4 Å². The van der Waals surface area contributed by atoms with Gasteiger partial charge in [-0.2, -0.15) is 39.5 Å². The maximum absolute atomic E-state index is 14.7. The summed E-state index contributed by atoms with van der Waals surface area (Å²) in [5.41, 5.74) is -4.11. The number of cyclic esters (lactones) is 1. The van der Waals surface area contributed by atoms with Gasteiger partial charge in [0.25, 0.3) is 0 Å². The fourth-order valence-electron chi connectivity index (χ4n) is 5.25. The van der Waals surface area contributed by atoms with Crippen LogP contribution in [0, 0.1) is 11.7 Å². The molecule has 2 atom stereocenters. The van der Waals surface area contributed by atoms with E-state index in [9.17, 15) is 48.7 Å². The number of halogens is 10. The van der Waals surface area contributed by atoms with E-state index in [4.69, 9.17) is 9.47 Å². The molecule has 4 rings (SSSR count). The van der Waals surface area contributed by atoms with Crippen molar-refractivity contribution in [3.63, 3.8) is 0 Å². The minimum atomic E-state index is -5.12. The molecule has 1 saturated heterocycles. The van der Waals surface area contributed by atoms with Crippen LogP contribution in [0.5, 0.6) is 5.75 Å². The van der Waals surface area contributed by atoms with Crippen LogP contribution < -0.4 is 4.74 Å². The first-order valence-electron chi connectivity index (χ1n) is 13.5. The summed E-state index contributed by atoms with van der Waals surface area (Å²) < 4.78 is 147. The Balaban J connectivity index is 1.74. The molecule has 0 bridgehead atoms. The van der Waals surface area contributed by atoms with E-state index in [-0.39, 0.29) is 46.5 Å². The Bertz CT molecular complexity index is 1550. The van der Waals surface area contributed by atoms with Gasteiger partial charge >= 0.3 is 24.6 Å². The molecule has 0 saturated carbocycles. The van der Waals surface area contributed by atoms with Crippen molar-refractivity contribution < 1.29 is 58.2 Å². The number of carbonyl (C=O) groups excluding carboxylic acids is 1. The Morgan fingerprint density at radius 2 is 1.42 bits per heavy atom. The van der Waals surface area contributed by atoms with Crippen LogP contribution in [0.25, 0.3) is 11.1 Å². The van der Waals surface area contributed by atoms with Gasteiger partial charge in [-0.05, 0) is 64.6 Å². The molecule has 1 aliphatic heterocycles. The summed E-state index contributed by atoms with van der Waals surface area (Å²) in [6.45, 7) is 4.08. The Morgan fingerprint density at radius 1 is 0.844 bits per heavy atom. The van der Waals surface area contributed by atoms with Crippen LogP contribution in [0.4, 0.5) is 48.7 Å². The third-order valence-electron chi connectivity index (χ3n) is 7.47. The summed E-state index contributed by atoms with van der Waals surface area (Å²) in [7, 11) is 1.25. The lowest BCUT2D eigenvalue weighted by molar-refractivity contribution is -0.143. The lowest BCUT2D eigenvalue weighted by Crippen LogP contribution is -2.43. The van der Waals surface area contributed by atoms with Gasteiger partial charge in [0, 0.05) is 30.6 Å². The molecule has 1 unspecified atom stereocenters. The Hall–Kier alpha value is -3.97. The lowest BCUT2D eigenvalue weighted by atomic mass is 9.91. The maximum Gasteiger partial charge on any atom is 0.416 e. The molecule has 0 spiro atoms. The topological polar surface area (TPSA) is 38.8 Å². The van der Waals surface area contributed by atoms with Crippen LogP contribution >= 0.6 is 0 Å². The van der Waals surface area contributed by atoms with E-state index in [1.807, 2.05) is 0 Å². The molecule has 0 radical (unpaired) electrons. The Labute approximate surface area is 251 Å². The molecule has 1 heterocycles. The zero-order valence-corrected chi connectivity index (χ0v) is 24.2. The molecule has 4 nitrogen and oxygen atoms in total. The number of amides is 1. The van der Waals surface area contributed by atoms with Crippen LogP contribution in [0.1, 0.15) is 66.2 Å². The predicted octanol–water partition coefficient (Wildman–Crippen LogP) is 10.0. The zero-order valence-electron chi connectivity index (χ0n) is 24.2. The average molecular weight is 652 g/mol. The highest BCUT2D eigenvalue weighted by Gasteiger charge is 2.41. The van der Waals surface area contributed by atoms with E-state index < -0.39 is 71.3 Å². The van der Waals surface area contributed by atoms with Crippen molar-refractivity contribution >= 4 is 6.09 Å². The number of benzene rings is 3. The van der Waals surface area contributed by atoms with Gasteiger partial charge in [0.2, 0.25) is 0 Å². The van der Waals surface area contributed by atoms with Crippen LogP contribution in [0.2, 0.25) is 0 Å². The average Bonchev–Trinajstić information content (AvgIpc) is 2.92. The van der Waals surface area contributed by atoms with Gasteiger partial charge in [-0.3, -0.25) is 0 Å². The molecule has 0 aliphatic carbocycles. The zero-order chi connectivity index (χ0) is 33.6. The van der Waals surface area contributed by atoms with Gasteiger partial charge in [0.1, 0.15) is 17.7 Å². The third kappa shape index (κ3) is 7.30. The van der Waals surface area contributed by atoms with Crippen molar-refractivity contribution in [1.82, 2.24) is 4.90 Å². The van der Waals surface area contributed by atoms with Crippen LogP contribution in [0.15, 0.2) is 48.5 Å². The molecule has 3 aromatic rings. The molecule has 1 amide bonds. The standard InChI is InChI=1S/C31H27F10NO3/c1-15(2)23-11-24(26(44-4)12-25(23)32)22-6-5-19(29(33,34)35)9-18(22)14-42-13-16(3)27(45-28(42)43)17-7-20(30(36,37)38)10-21(8-17)31(39,40)41/h5-12,15-16,27H,13-14H2,1-4H3/t16-,27?/m0/s1. The number of hydrogen-bond donors (Lipinski definition) is 0. The quantitative estimate of drug-likeness (QED) is 0.249. The van der Waals surface area contributed by atoms with Crippen LogP contribution in [-0.2, 0) is 29.8 Å². The first-order valence-corrected chi connectivity index (χ1v) is 13.5. The molecular formula is C31H27F10NO3. The molecular weight excluding hydrogens is 624 g/mol. The number of ether oxygens (including phenoxy) is 2. The monoisotopic (exact) mass is 651 g/mol. The molecule has 3 aromatic carbocycles. The molecule has 1 aliphatic rings. The maximum atomic E-state index is 14.7. The van der Waals surface area contributed by atoms with E-state index in [0.29, 0.717) is 12.1 Å². The molecule has 0 aromatic heterocycles. The van der Waals surface area contributed by atoms with Gasteiger partial charge in [-0.1, -0.05) is 26.8 Å². The summed E-state index contributed by atoms with van der Waals surface area (Å²) in [6, 6.07) is 6.20. The first kappa shape index (κ1) is 33.9. The van der Waals surface area contributed by atoms with Crippen molar-refractivity contribution in [3.8, 4) is 16.9 Å². The minimum absolute atomic E-state index is 0.0116. The van der Waals surface area contributed by atoms with E-state index in [0.717, 1.165) is 29.2 Å². The molecule has 1 fully saturated rings. The van der Waals surface area contributed by atoms with Crippen molar-refractivity contribution in [2.45, 2.75) is 57.9 Å². The summed E-state index contributed by atoms with van der Waals surface area (Å²) in [6.07, 6.45) is -17.7. The second-order valence-corrected chi connectivity index (χ2v) is 11.1. The fraction of sp³-hybridized carbons (Fsp3) is 0.387. The smallest absolute Gasteiger partial charge is 0.416 e. The summed E-state index contributed by atoms with van der Waals surface area (Å²) in [4.78, 5) is 14.1. The molecule has 244 valence electrons. The highest BCUT2D eigenvalue weighted by molar-refractivity contribution is 5.76. The largest absolute Gasteiger partial charge is 0.496 e. The van der Waals surface area contributed by atoms with E-state index in [1.165, 1.54) is 20.1 Å². The van der Waals surface area contributed by atoms with Crippen molar-refractivity contribution in [2.75, 3.05) is 13.7 Å². The van der Waals surface area contributed by atoms with Crippen molar-refractivity contribution in [2.24, 2.45) is 5.92 Å². The molecule has 45 heavy (non-hydrogen) atoms. The highest BCUT2D eigenvalue weighted by Crippen LogP contribution is 2.43. The van der Waals surface area contributed by atoms with Crippen LogP contribution in [-0.4, -0.2) is 24.6 Å². The fourth-order valence-corrected chi connectivity index (χ4v) is 5.25. The number of nitrogens with zero attached hydrogens (tertiary/aromatic N) is 1. The molecule has 14 heteroatoms. The lowest BCUT2D eigenvalue weighted by Gasteiger charge is -2.37. The molecule has 0 N–H and O–H groups in total. The number of hydrogen-bond acceptors (Lipinski definition) is 3. The first-order chi connectivity index (χ1) is 20.7. The number of alkyl halides is 9. The van der Waals surface area contributed by atoms with Gasteiger partial charge in [0.15, 0.2) is 0 Å². The number of rotatable bonds is 6. The van der Waals surface area contributed by atoms with Gasteiger partial charge in [-0.25, -0.2) is 9.18 Å². The normalized spacial score (nSPS) is 17.9. The van der Waals surface area contributed by atoms with Crippen molar-refractivity contribution in [3.05, 3.63) is 87.7 Å². The number of methoxy groups -OCH3 is 1. The Morgan fingerprint density at radius 3 is 1.93 bits per heavy atom. The number of carbonyl (C=O) groups is 1. The van der Waals surface area contributed by atoms with E-state index >= 15 is 0 Å². The summed E-state index contributed by atoms with van der Waals surface area (Å²) >= 11 is 0. The third-order valence-corrected chi connectivity index (χ3v) is 7.47. The van der Waals surface area contributed by atoms with Crippen LogP contribution in [0.3, 0.4) is 0 Å². The second kappa shape index (κ2) is 12.1. The Kier molecular flexibility index (Phi) is 9.11. The SMILES string of the molecule is COc1cc(F)c(C(C)C)cc1-c1ccc(C(F)(F)F)cc1CN1C[C@H](C)C(c2cc(C(F)(F)F)cc(C(F)(F)F)c2)OC1=O. The van der Waals surface area contributed by atoms with Gasteiger partial charge in [-0.15, -0.1) is 0 Å².